The smallest absolute Gasteiger partial charge is 0.360 e. The van der Waals surface area contributed by atoms with Gasteiger partial charge in [-0.1, -0.05) is 51.9 Å². The zero-order valence-electron chi connectivity index (χ0n) is 15.0. The predicted octanol–water partition coefficient (Wildman–Crippen LogP) is 3.92. The number of carbonyl (C=O) groups excluding carboxylic acids is 1. The van der Waals surface area contributed by atoms with Crippen molar-refractivity contribution in [2.45, 2.75) is 90.3 Å². The van der Waals surface area contributed by atoms with Crippen LogP contribution in [-0.4, -0.2) is 34.9 Å². The third-order valence-corrected chi connectivity index (χ3v) is 5.07. The average Bonchev–Trinajstić information content (AvgIpc) is 2.90. The summed E-state index contributed by atoms with van der Waals surface area (Å²) >= 11 is 0. The number of rotatable bonds is 14. The van der Waals surface area contributed by atoms with Crippen LogP contribution in [0.5, 0.6) is 0 Å². The Balaban J connectivity index is 2.14. The van der Waals surface area contributed by atoms with E-state index in [1.165, 1.54) is 38.5 Å². The number of hydrogen-bond acceptors (Lipinski definition) is 4. The van der Waals surface area contributed by atoms with Crippen LogP contribution in [0.4, 0.5) is 0 Å². The highest BCUT2D eigenvalue weighted by molar-refractivity contribution is 5.83. The minimum absolute atomic E-state index is 0.185. The summed E-state index contributed by atoms with van der Waals surface area (Å²) in [7, 11) is 0. The Morgan fingerprint density at radius 2 is 1.79 bits per heavy atom. The fourth-order valence-corrected chi connectivity index (χ4v) is 3.64. The van der Waals surface area contributed by atoms with Crippen LogP contribution in [-0.2, 0) is 14.3 Å². The lowest BCUT2D eigenvalue weighted by Crippen LogP contribution is -2.23. The van der Waals surface area contributed by atoms with E-state index in [9.17, 15) is 9.59 Å². The number of hydrogen-bond donors (Lipinski definition) is 2. The van der Waals surface area contributed by atoms with E-state index in [4.69, 9.17) is 14.9 Å². The molecular formula is C19H34O5. The van der Waals surface area contributed by atoms with Crippen molar-refractivity contribution in [3.05, 3.63) is 0 Å². The molecule has 0 aromatic heterocycles. The van der Waals surface area contributed by atoms with Crippen LogP contribution in [0.25, 0.3) is 0 Å². The fraction of sp³-hybridized carbons (Fsp3) is 0.895. The van der Waals surface area contributed by atoms with Gasteiger partial charge in [0, 0.05) is 12.3 Å². The van der Waals surface area contributed by atoms with Crippen molar-refractivity contribution in [2.24, 2.45) is 11.8 Å². The maximum absolute atomic E-state index is 12.1. The molecule has 140 valence electrons. The molecule has 0 saturated heterocycles. The second kappa shape index (κ2) is 12.4. The van der Waals surface area contributed by atoms with Gasteiger partial charge in [-0.15, -0.1) is 0 Å². The molecule has 1 fully saturated rings. The molecule has 0 aliphatic heterocycles. The van der Waals surface area contributed by atoms with Crippen molar-refractivity contribution in [3.8, 4) is 0 Å². The number of aliphatic hydroxyl groups is 1. The molecule has 0 radical (unpaired) electrons. The number of ether oxygens (including phenoxy) is 1. The summed E-state index contributed by atoms with van der Waals surface area (Å²) in [6.07, 6.45) is 11.3. The Morgan fingerprint density at radius 1 is 1.12 bits per heavy atom. The van der Waals surface area contributed by atoms with Crippen molar-refractivity contribution in [1.82, 2.24) is 0 Å². The number of unbranched alkanes of at least 4 members (excludes halogenated alkanes) is 6. The fourth-order valence-electron chi connectivity index (χ4n) is 3.64. The van der Waals surface area contributed by atoms with Gasteiger partial charge in [-0.3, -0.25) is 4.79 Å². The third kappa shape index (κ3) is 8.25. The Labute approximate surface area is 145 Å². The van der Waals surface area contributed by atoms with Crippen molar-refractivity contribution in [3.63, 3.8) is 0 Å². The molecule has 1 unspecified atom stereocenters. The molecule has 24 heavy (non-hydrogen) atoms. The average molecular weight is 342 g/mol. The maximum Gasteiger partial charge on any atom is 0.360 e. The van der Waals surface area contributed by atoms with Crippen molar-refractivity contribution >= 4 is 11.8 Å². The van der Waals surface area contributed by atoms with Crippen LogP contribution in [0.3, 0.4) is 0 Å². The first-order valence-corrected chi connectivity index (χ1v) is 9.61. The predicted molar refractivity (Wildman–Crippen MR) is 92.7 cm³/mol. The monoisotopic (exact) mass is 342 g/mol. The molecule has 1 aliphatic carbocycles. The molecule has 0 amide bonds. The van der Waals surface area contributed by atoms with Gasteiger partial charge in [0.2, 0.25) is 0 Å². The highest BCUT2D eigenvalue weighted by Gasteiger charge is 2.33. The van der Waals surface area contributed by atoms with Crippen molar-refractivity contribution in [1.29, 1.82) is 0 Å². The summed E-state index contributed by atoms with van der Waals surface area (Å²) in [5, 5.41) is 17.5. The molecule has 1 aliphatic rings. The standard InChI is InChI=1S/C19H34O5/c1-2-3-4-5-6-7-10-15-12-13-17(20)16(15)11-8-9-14-24-19(23)18(21)22/h15-16,19,23H,2-14H2,1H3,(H,21,22)/t15-,16+,19?/m0/s1. The minimum atomic E-state index is -1.74. The lowest BCUT2D eigenvalue weighted by molar-refractivity contribution is -0.176. The highest BCUT2D eigenvalue weighted by Crippen LogP contribution is 2.36. The third-order valence-electron chi connectivity index (χ3n) is 5.07. The summed E-state index contributed by atoms with van der Waals surface area (Å²) in [5.74, 6) is -0.239. The van der Waals surface area contributed by atoms with E-state index < -0.39 is 12.3 Å². The molecule has 1 saturated carbocycles. The number of carbonyl (C=O) groups is 2. The van der Waals surface area contributed by atoms with Crippen LogP contribution in [0.1, 0.15) is 84.0 Å². The summed E-state index contributed by atoms with van der Waals surface area (Å²) in [5.41, 5.74) is 0. The second-order valence-corrected chi connectivity index (χ2v) is 6.99. The highest BCUT2D eigenvalue weighted by atomic mass is 16.6. The van der Waals surface area contributed by atoms with Crippen LogP contribution in [0.15, 0.2) is 0 Å². The van der Waals surface area contributed by atoms with Crippen LogP contribution in [0, 0.1) is 11.8 Å². The second-order valence-electron chi connectivity index (χ2n) is 6.99. The zero-order chi connectivity index (χ0) is 17.8. The van der Waals surface area contributed by atoms with E-state index in [1.54, 1.807) is 0 Å². The largest absolute Gasteiger partial charge is 0.477 e. The number of Topliss-reactive ketones (excluding diaryl/α,β-unsaturated/α-hetero) is 1. The van der Waals surface area contributed by atoms with E-state index in [-0.39, 0.29) is 12.5 Å². The molecular weight excluding hydrogens is 308 g/mol. The molecule has 0 bridgehead atoms. The van der Waals surface area contributed by atoms with Gasteiger partial charge in [-0.05, 0) is 31.6 Å². The molecule has 0 spiro atoms. The number of aliphatic carboxylic acids is 1. The van der Waals surface area contributed by atoms with Gasteiger partial charge in [0.25, 0.3) is 6.29 Å². The minimum Gasteiger partial charge on any atom is -0.477 e. The van der Waals surface area contributed by atoms with Gasteiger partial charge < -0.3 is 14.9 Å². The molecule has 0 heterocycles. The number of carboxylic acid groups (broad SMARTS) is 1. The van der Waals surface area contributed by atoms with E-state index >= 15 is 0 Å². The Morgan fingerprint density at radius 3 is 2.50 bits per heavy atom. The molecule has 0 aromatic rings. The number of ketones is 1. The summed E-state index contributed by atoms with van der Waals surface area (Å²) in [4.78, 5) is 22.5. The Kier molecular flexibility index (Phi) is 10.9. The number of aliphatic hydroxyl groups excluding tert-OH is 1. The zero-order valence-corrected chi connectivity index (χ0v) is 15.0. The molecule has 1 rings (SSSR count). The van der Waals surface area contributed by atoms with Crippen molar-refractivity contribution in [2.75, 3.05) is 6.61 Å². The first-order chi connectivity index (χ1) is 11.6. The Hall–Kier alpha value is -0.940. The number of carboxylic acids is 1. The quantitative estimate of drug-likeness (QED) is 0.369. The van der Waals surface area contributed by atoms with Gasteiger partial charge in [0.05, 0.1) is 6.61 Å². The molecule has 3 atom stereocenters. The van der Waals surface area contributed by atoms with E-state index in [0.29, 0.717) is 18.1 Å². The molecule has 5 nitrogen and oxygen atoms in total. The lowest BCUT2D eigenvalue weighted by Gasteiger charge is -2.18. The first kappa shape index (κ1) is 21.1. The van der Waals surface area contributed by atoms with Crippen LogP contribution >= 0.6 is 0 Å². The van der Waals surface area contributed by atoms with Gasteiger partial charge >= 0.3 is 5.97 Å². The first-order valence-electron chi connectivity index (χ1n) is 9.61. The van der Waals surface area contributed by atoms with E-state index in [0.717, 1.165) is 32.1 Å². The molecule has 0 aromatic carbocycles. The normalized spacial score (nSPS) is 22.0. The van der Waals surface area contributed by atoms with Gasteiger partial charge in [-0.25, -0.2) is 4.79 Å². The summed E-state index contributed by atoms with van der Waals surface area (Å²) in [6.45, 7) is 2.44. The summed E-state index contributed by atoms with van der Waals surface area (Å²) in [6, 6.07) is 0. The maximum atomic E-state index is 12.1. The van der Waals surface area contributed by atoms with Gasteiger partial charge in [-0.2, -0.15) is 0 Å². The van der Waals surface area contributed by atoms with Crippen LogP contribution in [0.2, 0.25) is 0 Å². The Bertz CT molecular complexity index is 369. The van der Waals surface area contributed by atoms with E-state index in [1.807, 2.05) is 0 Å². The molecule has 2 N–H and O–H groups in total. The topological polar surface area (TPSA) is 83.8 Å². The lowest BCUT2D eigenvalue weighted by atomic mass is 9.86. The SMILES string of the molecule is CCCCCCCC[C@H]1CCC(=O)[C@@H]1CCCCOC(O)C(=O)O. The van der Waals surface area contributed by atoms with Crippen molar-refractivity contribution < 1.29 is 24.5 Å². The van der Waals surface area contributed by atoms with Gasteiger partial charge in [0.1, 0.15) is 5.78 Å². The van der Waals surface area contributed by atoms with Gasteiger partial charge in [0.15, 0.2) is 0 Å². The summed E-state index contributed by atoms with van der Waals surface area (Å²) < 4.78 is 4.80. The van der Waals surface area contributed by atoms with E-state index in [2.05, 4.69) is 6.92 Å². The van der Waals surface area contributed by atoms with Crippen LogP contribution < -0.4 is 0 Å². The molecule has 5 heteroatoms.